The van der Waals surface area contributed by atoms with Gasteiger partial charge < -0.3 is 14.2 Å². The lowest BCUT2D eigenvalue weighted by molar-refractivity contribution is -0.187. The Hall–Kier alpha value is -1.10. The lowest BCUT2D eigenvalue weighted by Crippen LogP contribution is -2.50. The van der Waals surface area contributed by atoms with E-state index in [1.165, 1.54) is 0 Å². The molecule has 1 fully saturated rings. The number of hydrogen-bond acceptors (Lipinski definition) is 5. The lowest BCUT2D eigenvalue weighted by Gasteiger charge is -2.38. The molecular weight excluding hydrogens is 236 g/mol. The van der Waals surface area contributed by atoms with E-state index in [0.29, 0.717) is 19.8 Å². The summed E-state index contributed by atoms with van der Waals surface area (Å²) in [5.41, 5.74) is -1.03. The standard InChI is InChI=1S/C13H22O5/c1-4-16-11(14)9-10-7-6-8-18-13(10,3)12(15)17-5-2/h10H,4-9H2,1-3H3/t10-,13+/m1/s1. The number of rotatable bonds is 5. The number of hydrogen-bond donors (Lipinski definition) is 0. The zero-order chi connectivity index (χ0) is 13.6. The third-order valence-electron chi connectivity index (χ3n) is 3.28. The second kappa shape index (κ2) is 6.73. The van der Waals surface area contributed by atoms with Crippen LogP contribution >= 0.6 is 0 Å². The number of carbonyl (C=O) groups is 2. The Morgan fingerprint density at radius 3 is 2.56 bits per heavy atom. The molecule has 0 unspecified atom stereocenters. The first-order chi connectivity index (χ1) is 8.54. The van der Waals surface area contributed by atoms with E-state index < -0.39 is 5.60 Å². The minimum atomic E-state index is -1.03. The van der Waals surface area contributed by atoms with Crippen molar-refractivity contribution in [2.45, 2.75) is 45.6 Å². The molecule has 104 valence electrons. The molecule has 1 aliphatic heterocycles. The SMILES string of the molecule is CCOC(=O)C[C@H]1CCCO[C@]1(C)C(=O)OCC. The quantitative estimate of drug-likeness (QED) is 0.702. The van der Waals surface area contributed by atoms with Crippen molar-refractivity contribution >= 4 is 11.9 Å². The van der Waals surface area contributed by atoms with Crippen molar-refractivity contribution in [3.05, 3.63) is 0 Å². The highest BCUT2D eigenvalue weighted by Crippen LogP contribution is 2.34. The fourth-order valence-corrected chi connectivity index (χ4v) is 2.23. The second-order valence-electron chi connectivity index (χ2n) is 4.52. The van der Waals surface area contributed by atoms with Crippen LogP contribution in [0.2, 0.25) is 0 Å². The van der Waals surface area contributed by atoms with Gasteiger partial charge in [0.25, 0.3) is 0 Å². The van der Waals surface area contributed by atoms with Crippen LogP contribution in [0.5, 0.6) is 0 Å². The molecule has 0 aromatic heterocycles. The molecule has 0 N–H and O–H groups in total. The molecule has 0 spiro atoms. The van der Waals surface area contributed by atoms with Crippen LogP contribution < -0.4 is 0 Å². The van der Waals surface area contributed by atoms with E-state index in [9.17, 15) is 9.59 Å². The van der Waals surface area contributed by atoms with Crippen LogP contribution in [0.4, 0.5) is 0 Å². The fraction of sp³-hybridized carbons (Fsp3) is 0.846. The third kappa shape index (κ3) is 3.45. The molecular formula is C13H22O5. The van der Waals surface area contributed by atoms with Crippen molar-refractivity contribution in [2.75, 3.05) is 19.8 Å². The Morgan fingerprint density at radius 1 is 1.28 bits per heavy atom. The molecule has 0 amide bonds. The van der Waals surface area contributed by atoms with Crippen molar-refractivity contribution in [3.63, 3.8) is 0 Å². The highest BCUT2D eigenvalue weighted by atomic mass is 16.6. The normalized spacial score (nSPS) is 27.6. The van der Waals surface area contributed by atoms with Gasteiger partial charge in [0.05, 0.1) is 19.6 Å². The van der Waals surface area contributed by atoms with Gasteiger partial charge >= 0.3 is 11.9 Å². The van der Waals surface area contributed by atoms with E-state index in [0.717, 1.165) is 12.8 Å². The maximum atomic E-state index is 12.0. The third-order valence-corrected chi connectivity index (χ3v) is 3.28. The zero-order valence-corrected chi connectivity index (χ0v) is 11.4. The molecule has 1 heterocycles. The second-order valence-corrected chi connectivity index (χ2v) is 4.52. The molecule has 1 rings (SSSR count). The summed E-state index contributed by atoms with van der Waals surface area (Å²) in [7, 11) is 0. The molecule has 0 saturated carbocycles. The van der Waals surface area contributed by atoms with Gasteiger partial charge in [-0.15, -0.1) is 0 Å². The summed E-state index contributed by atoms with van der Waals surface area (Å²) in [5.74, 6) is -0.855. The number of ether oxygens (including phenoxy) is 3. The van der Waals surface area contributed by atoms with Crippen LogP contribution in [0.3, 0.4) is 0 Å². The lowest BCUT2D eigenvalue weighted by atomic mass is 9.81. The predicted molar refractivity (Wildman–Crippen MR) is 65.0 cm³/mol. The summed E-state index contributed by atoms with van der Waals surface area (Å²) in [6, 6.07) is 0. The van der Waals surface area contributed by atoms with E-state index in [2.05, 4.69) is 0 Å². The van der Waals surface area contributed by atoms with Crippen molar-refractivity contribution in [3.8, 4) is 0 Å². The van der Waals surface area contributed by atoms with Crippen LogP contribution in [-0.4, -0.2) is 37.4 Å². The molecule has 18 heavy (non-hydrogen) atoms. The van der Waals surface area contributed by atoms with Gasteiger partial charge in [-0.3, -0.25) is 4.79 Å². The van der Waals surface area contributed by atoms with E-state index in [1.807, 2.05) is 0 Å². The average molecular weight is 258 g/mol. The minimum Gasteiger partial charge on any atom is -0.466 e. The molecule has 5 heteroatoms. The summed E-state index contributed by atoms with van der Waals surface area (Å²) in [5, 5.41) is 0. The Kier molecular flexibility index (Phi) is 5.59. The number of carbonyl (C=O) groups excluding carboxylic acids is 2. The molecule has 0 aliphatic carbocycles. The van der Waals surface area contributed by atoms with Crippen molar-refractivity contribution in [1.29, 1.82) is 0 Å². The van der Waals surface area contributed by atoms with Gasteiger partial charge in [0, 0.05) is 12.5 Å². The van der Waals surface area contributed by atoms with Crippen LogP contribution in [-0.2, 0) is 23.8 Å². The maximum absolute atomic E-state index is 12.0. The molecule has 5 nitrogen and oxygen atoms in total. The smallest absolute Gasteiger partial charge is 0.338 e. The molecule has 0 bridgehead atoms. The first kappa shape index (κ1) is 15.0. The zero-order valence-electron chi connectivity index (χ0n) is 11.4. The molecule has 0 aromatic carbocycles. The minimum absolute atomic E-state index is 0.177. The van der Waals surface area contributed by atoms with Crippen LogP contribution in [0.25, 0.3) is 0 Å². The summed E-state index contributed by atoms with van der Waals surface area (Å²) in [6.07, 6.45) is 1.82. The largest absolute Gasteiger partial charge is 0.466 e. The fourth-order valence-electron chi connectivity index (χ4n) is 2.23. The maximum Gasteiger partial charge on any atom is 0.338 e. The van der Waals surface area contributed by atoms with E-state index in [4.69, 9.17) is 14.2 Å². The highest BCUT2D eigenvalue weighted by Gasteiger charge is 2.46. The van der Waals surface area contributed by atoms with Crippen LogP contribution in [0.1, 0.15) is 40.0 Å². The van der Waals surface area contributed by atoms with Crippen LogP contribution in [0, 0.1) is 5.92 Å². The van der Waals surface area contributed by atoms with Gasteiger partial charge in [0.1, 0.15) is 0 Å². The Labute approximate surface area is 108 Å². The molecule has 2 atom stereocenters. The number of esters is 2. The summed E-state index contributed by atoms with van der Waals surface area (Å²) in [6.45, 7) is 6.40. The van der Waals surface area contributed by atoms with Crippen LogP contribution in [0.15, 0.2) is 0 Å². The molecule has 0 radical (unpaired) electrons. The topological polar surface area (TPSA) is 61.8 Å². The van der Waals surface area contributed by atoms with Gasteiger partial charge in [-0.1, -0.05) is 0 Å². The van der Waals surface area contributed by atoms with E-state index in [1.54, 1.807) is 20.8 Å². The monoisotopic (exact) mass is 258 g/mol. The summed E-state index contributed by atoms with van der Waals surface area (Å²) < 4.78 is 15.6. The summed E-state index contributed by atoms with van der Waals surface area (Å²) >= 11 is 0. The van der Waals surface area contributed by atoms with E-state index in [-0.39, 0.29) is 24.3 Å². The Balaban J connectivity index is 2.72. The molecule has 0 aromatic rings. The highest BCUT2D eigenvalue weighted by molar-refractivity contribution is 5.81. The van der Waals surface area contributed by atoms with Gasteiger partial charge in [-0.2, -0.15) is 0 Å². The Bertz CT molecular complexity index is 302. The first-order valence-electron chi connectivity index (χ1n) is 6.51. The van der Waals surface area contributed by atoms with Crippen molar-refractivity contribution in [1.82, 2.24) is 0 Å². The van der Waals surface area contributed by atoms with Gasteiger partial charge in [-0.05, 0) is 33.6 Å². The Morgan fingerprint density at radius 2 is 1.94 bits per heavy atom. The van der Waals surface area contributed by atoms with Gasteiger partial charge in [0.2, 0.25) is 0 Å². The van der Waals surface area contributed by atoms with Crippen molar-refractivity contribution < 1.29 is 23.8 Å². The predicted octanol–water partition coefficient (Wildman–Crippen LogP) is 1.69. The van der Waals surface area contributed by atoms with Crippen molar-refractivity contribution in [2.24, 2.45) is 5.92 Å². The summed E-state index contributed by atoms with van der Waals surface area (Å²) in [4.78, 5) is 23.5. The van der Waals surface area contributed by atoms with E-state index >= 15 is 0 Å². The van der Waals surface area contributed by atoms with Gasteiger partial charge in [0.15, 0.2) is 5.60 Å². The molecule has 1 aliphatic rings. The van der Waals surface area contributed by atoms with Gasteiger partial charge in [-0.25, -0.2) is 4.79 Å². The average Bonchev–Trinajstić information content (AvgIpc) is 2.33. The molecule has 1 saturated heterocycles. The first-order valence-corrected chi connectivity index (χ1v) is 6.51.